The largest absolute Gasteiger partial charge is 0.393 e. The summed E-state index contributed by atoms with van der Waals surface area (Å²) in [5.74, 6) is 0.536. The molecular formula is C18H31NO2. The standard InChI is InChI=1S/C18H31NO2/c20-17-7-3-5-15(17)16-6-4-12-19(16)13-14-8-11-18(21-14)9-1-2-10-18/h14-17,20H,1-13H2. The normalized spacial score (nSPS) is 43.3. The SMILES string of the molecule is OC1CCCC1C1CCCN1CC1CCC2(CCCC2)O1. The summed E-state index contributed by atoms with van der Waals surface area (Å²) >= 11 is 0. The van der Waals surface area contributed by atoms with Gasteiger partial charge in [0.05, 0.1) is 17.8 Å². The molecule has 21 heavy (non-hydrogen) atoms. The van der Waals surface area contributed by atoms with Crippen LogP contribution < -0.4 is 0 Å². The summed E-state index contributed by atoms with van der Waals surface area (Å²) in [6.07, 6.45) is 14.4. The number of rotatable bonds is 3. The first kappa shape index (κ1) is 14.5. The summed E-state index contributed by atoms with van der Waals surface area (Å²) < 4.78 is 6.51. The Morgan fingerprint density at radius 2 is 1.81 bits per heavy atom. The highest BCUT2D eigenvalue weighted by molar-refractivity contribution is 4.96. The van der Waals surface area contributed by atoms with Gasteiger partial charge in [-0.25, -0.2) is 0 Å². The fraction of sp³-hybridized carbons (Fsp3) is 1.00. The van der Waals surface area contributed by atoms with Gasteiger partial charge in [0, 0.05) is 18.5 Å². The van der Waals surface area contributed by atoms with Crippen molar-refractivity contribution in [1.29, 1.82) is 0 Å². The number of aliphatic hydroxyl groups is 1. The molecular weight excluding hydrogens is 262 g/mol. The van der Waals surface area contributed by atoms with Crippen molar-refractivity contribution < 1.29 is 9.84 Å². The molecule has 2 heterocycles. The van der Waals surface area contributed by atoms with Crippen LogP contribution in [0.2, 0.25) is 0 Å². The fourth-order valence-electron chi connectivity index (χ4n) is 5.65. The quantitative estimate of drug-likeness (QED) is 0.868. The Morgan fingerprint density at radius 1 is 0.952 bits per heavy atom. The van der Waals surface area contributed by atoms with Crippen molar-refractivity contribution in [2.24, 2.45) is 5.92 Å². The van der Waals surface area contributed by atoms with E-state index in [9.17, 15) is 5.11 Å². The van der Waals surface area contributed by atoms with E-state index < -0.39 is 0 Å². The van der Waals surface area contributed by atoms with E-state index in [1.54, 1.807) is 0 Å². The van der Waals surface area contributed by atoms with Gasteiger partial charge in [0.15, 0.2) is 0 Å². The second-order valence-corrected chi connectivity index (χ2v) is 8.04. The zero-order chi connectivity index (χ0) is 14.3. The van der Waals surface area contributed by atoms with Crippen LogP contribution in [0.1, 0.15) is 70.6 Å². The van der Waals surface area contributed by atoms with Gasteiger partial charge in [0.25, 0.3) is 0 Å². The molecule has 3 heteroatoms. The third-order valence-electron chi connectivity index (χ3n) is 6.73. The summed E-state index contributed by atoms with van der Waals surface area (Å²) in [5, 5.41) is 10.2. The molecule has 1 N–H and O–H groups in total. The summed E-state index contributed by atoms with van der Waals surface area (Å²) in [5.41, 5.74) is 0.271. The lowest BCUT2D eigenvalue weighted by Gasteiger charge is -2.33. The second-order valence-electron chi connectivity index (χ2n) is 8.04. The Labute approximate surface area is 129 Å². The third-order valence-corrected chi connectivity index (χ3v) is 6.73. The van der Waals surface area contributed by atoms with Crippen molar-refractivity contribution in [3.05, 3.63) is 0 Å². The highest BCUT2D eigenvalue weighted by Gasteiger charge is 2.44. The first-order valence-electron chi connectivity index (χ1n) is 9.36. The summed E-state index contributed by atoms with van der Waals surface area (Å²) in [6, 6.07) is 0.631. The van der Waals surface area contributed by atoms with Crippen LogP contribution in [0.5, 0.6) is 0 Å². The molecule has 0 aromatic rings. The van der Waals surface area contributed by atoms with Gasteiger partial charge in [-0.05, 0) is 57.9 Å². The van der Waals surface area contributed by atoms with E-state index in [4.69, 9.17) is 4.74 Å². The maximum absolute atomic E-state index is 10.2. The number of likely N-dealkylation sites (tertiary alicyclic amines) is 1. The van der Waals surface area contributed by atoms with Gasteiger partial charge < -0.3 is 9.84 Å². The van der Waals surface area contributed by atoms with E-state index in [1.807, 2.05) is 0 Å². The zero-order valence-corrected chi connectivity index (χ0v) is 13.3. The Hall–Kier alpha value is -0.120. The highest BCUT2D eigenvalue weighted by Crippen LogP contribution is 2.44. The molecule has 1 spiro atoms. The average Bonchev–Trinajstić information content (AvgIpc) is 3.22. The van der Waals surface area contributed by atoms with Crippen LogP contribution in [0.25, 0.3) is 0 Å². The van der Waals surface area contributed by atoms with E-state index in [0.29, 0.717) is 18.1 Å². The fourth-order valence-corrected chi connectivity index (χ4v) is 5.65. The highest BCUT2D eigenvalue weighted by atomic mass is 16.5. The van der Waals surface area contributed by atoms with Crippen molar-refractivity contribution in [3.8, 4) is 0 Å². The van der Waals surface area contributed by atoms with E-state index in [1.165, 1.54) is 70.8 Å². The van der Waals surface area contributed by atoms with Crippen LogP contribution in [0.4, 0.5) is 0 Å². The van der Waals surface area contributed by atoms with Crippen molar-refractivity contribution in [3.63, 3.8) is 0 Å². The van der Waals surface area contributed by atoms with Crippen molar-refractivity contribution >= 4 is 0 Å². The lowest BCUT2D eigenvalue weighted by atomic mass is 9.93. The Bertz CT molecular complexity index is 366. The number of ether oxygens (including phenoxy) is 1. The molecule has 2 saturated carbocycles. The molecule has 4 rings (SSSR count). The molecule has 0 amide bonds. The molecule has 4 unspecified atom stereocenters. The lowest BCUT2D eigenvalue weighted by molar-refractivity contribution is -0.0526. The zero-order valence-electron chi connectivity index (χ0n) is 13.3. The molecule has 2 aliphatic heterocycles. The summed E-state index contributed by atoms with van der Waals surface area (Å²) in [7, 11) is 0. The Morgan fingerprint density at radius 3 is 2.57 bits per heavy atom. The van der Waals surface area contributed by atoms with E-state index in [0.717, 1.165) is 13.0 Å². The van der Waals surface area contributed by atoms with E-state index in [2.05, 4.69) is 4.90 Å². The van der Waals surface area contributed by atoms with Crippen LogP contribution in [-0.2, 0) is 4.74 Å². The first-order chi connectivity index (χ1) is 10.3. The maximum Gasteiger partial charge on any atom is 0.0710 e. The predicted molar refractivity (Wildman–Crippen MR) is 83.2 cm³/mol. The molecule has 120 valence electrons. The van der Waals surface area contributed by atoms with Gasteiger partial charge in [0.2, 0.25) is 0 Å². The van der Waals surface area contributed by atoms with Gasteiger partial charge in [-0.3, -0.25) is 4.90 Å². The van der Waals surface area contributed by atoms with Crippen LogP contribution in [0, 0.1) is 5.92 Å². The molecule has 4 atom stereocenters. The molecule has 0 aromatic carbocycles. The predicted octanol–water partition coefficient (Wildman–Crippen LogP) is 3.10. The minimum atomic E-state index is -0.0405. The summed E-state index contributed by atoms with van der Waals surface area (Å²) in [4.78, 5) is 2.66. The van der Waals surface area contributed by atoms with E-state index >= 15 is 0 Å². The van der Waals surface area contributed by atoms with Gasteiger partial charge >= 0.3 is 0 Å². The average molecular weight is 293 g/mol. The van der Waals surface area contributed by atoms with Crippen LogP contribution >= 0.6 is 0 Å². The van der Waals surface area contributed by atoms with E-state index in [-0.39, 0.29) is 11.7 Å². The molecule has 2 aliphatic carbocycles. The molecule has 0 radical (unpaired) electrons. The third kappa shape index (κ3) is 2.77. The van der Waals surface area contributed by atoms with Crippen molar-refractivity contribution in [1.82, 2.24) is 4.90 Å². The number of hydrogen-bond acceptors (Lipinski definition) is 3. The van der Waals surface area contributed by atoms with Crippen molar-refractivity contribution in [2.75, 3.05) is 13.1 Å². The Kier molecular flexibility index (Phi) is 4.01. The number of nitrogens with zero attached hydrogens (tertiary/aromatic N) is 1. The molecule has 3 nitrogen and oxygen atoms in total. The van der Waals surface area contributed by atoms with Gasteiger partial charge in [-0.15, -0.1) is 0 Å². The molecule has 4 fully saturated rings. The Balaban J connectivity index is 1.35. The van der Waals surface area contributed by atoms with Crippen LogP contribution in [-0.4, -0.2) is 46.9 Å². The molecule has 4 aliphatic rings. The number of aliphatic hydroxyl groups excluding tert-OH is 1. The van der Waals surface area contributed by atoms with Gasteiger partial charge in [0.1, 0.15) is 0 Å². The summed E-state index contributed by atoms with van der Waals surface area (Å²) in [6.45, 7) is 2.34. The second kappa shape index (κ2) is 5.82. The van der Waals surface area contributed by atoms with Crippen LogP contribution in [0.15, 0.2) is 0 Å². The molecule has 2 saturated heterocycles. The smallest absolute Gasteiger partial charge is 0.0710 e. The minimum Gasteiger partial charge on any atom is -0.393 e. The van der Waals surface area contributed by atoms with Crippen molar-refractivity contribution in [2.45, 2.75) is 94.5 Å². The maximum atomic E-state index is 10.2. The first-order valence-corrected chi connectivity index (χ1v) is 9.36. The lowest BCUT2D eigenvalue weighted by Crippen LogP contribution is -2.43. The topological polar surface area (TPSA) is 32.7 Å². The van der Waals surface area contributed by atoms with Gasteiger partial charge in [-0.2, -0.15) is 0 Å². The monoisotopic (exact) mass is 293 g/mol. The molecule has 0 aromatic heterocycles. The minimum absolute atomic E-state index is 0.0405. The van der Waals surface area contributed by atoms with Crippen LogP contribution in [0.3, 0.4) is 0 Å². The van der Waals surface area contributed by atoms with Gasteiger partial charge in [-0.1, -0.05) is 19.3 Å². The number of hydrogen-bond donors (Lipinski definition) is 1. The molecule has 0 bridgehead atoms.